The Morgan fingerprint density at radius 3 is 2.39 bits per heavy atom. The van der Waals surface area contributed by atoms with Gasteiger partial charge in [-0.25, -0.2) is 4.98 Å². The number of rotatable bonds is 1. The first-order valence-electron chi connectivity index (χ1n) is 6.96. The largest absolute Gasteiger partial charge is 0.506 e. The predicted octanol–water partition coefficient (Wildman–Crippen LogP) is 1.65. The summed E-state index contributed by atoms with van der Waals surface area (Å²) in [4.78, 5) is 29.6. The SMILES string of the molecule is O.O.O=C(c1c(O)c2cccc3c2n(c1=O)-c1ncccc1S3)C(F)(F)F.[Eu]. The van der Waals surface area contributed by atoms with Gasteiger partial charge >= 0.3 is 6.18 Å². The molecule has 12 heteroatoms. The van der Waals surface area contributed by atoms with Crippen molar-refractivity contribution in [1.29, 1.82) is 0 Å². The summed E-state index contributed by atoms with van der Waals surface area (Å²) in [7, 11) is 0. The Bertz CT molecular complexity index is 1130. The average molecular weight is 552 g/mol. The summed E-state index contributed by atoms with van der Waals surface area (Å²) in [6.07, 6.45) is -3.89. The van der Waals surface area contributed by atoms with Gasteiger partial charge in [-0.2, -0.15) is 13.2 Å². The van der Waals surface area contributed by atoms with E-state index in [-0.39, 0.29) is 77.0 Å². The van der Waals surface area contributed by atoms with Crippen molar-refractivity contribution in [2.75, 3.05) is 0 Å². The molecule has 1 aliphatic heterocycles. The molecule has 0 atom stereocenters. The van der Waals surface area contributed by atoms with Crippen LogP contribution in [0.4, 0.5) is 13.2 Å². The summed E-state index contributed by atoms with van der Waals surface area (Å²) in [6.45, 7) is 0. The second-order valence-corrected chi connectivity index (χ2v) is 6.35. The summed E-state index contributed by atoms with van der Waals surface area (Å²) in [5, 5.41) is 10.2. The fourth-order valence-corrected chi connectivity index (χ4v) is 3.84. The zero-order chi connectivity index (χ0) is 17.9. The third kappa shape index (κ3) is 3.64. The van der Waals surface area contributed by atoms with Gasteiger partial charge in [0.05, 0.1) is 10.4 Å². The molecule has 1 radical (unpaired) electrons. The van der Waals surface area contributed by atoms with E-state index in [9.17, 15) is 27.9 Å². The first kappa shape index (κ1) is 24.7. The number of carbonyl (C=O) groups is 1. The van der Waals surface area contributed by atoms with Crippen LogP contribution in [0.25, 0.3) is 16.7 Å². The van der Waals surface area contributed by atoms with E-state index in [4.69, 9.17) is 0 Å². The third-order valence-electron chi connectivity index (χ3n) is 3.80. The van der Waals surface area contributed by atoms with Crippen LogP contribution in [-0.2, 0) is 0 Å². The van der Waals surface area contributed by atoms with Crippen LogP contribution >= 0.6 is 11.8 Å². The second kappa shape index (κ2) is 8.60. The fourth-order valence-electron chi connectivity index (χ4n) is 2.77. The van der Waals surface area contributed by atoms with Crippen LogP contribution in [0.3, 0.4) is 0 Å². The summed E-state index contributed by atoms with van der Waals surface area (Å²) in [5.74, 6) is -3.24. The predicted molar refractivity (Wildman–Crippen MR) is 90.7 cm³/mol. The van der Waals surface area contributed by atoms with Crippen LogP contribution in [0.2, 0.25) is 0 Å². The van der Waals surface area contributed by atoms with E-state index in [1.54, 1.807) is 18.2 Å². The quantitative estimate of drug-likeness (QED) is 0.359. The van der Waals surface area contributed by atoms with E-state index in [1.807, 2.05) is 0 Å². The molecular weight excluding hydrogens is 541 g/mol. The number of alkyl halides is 3. The molecule has 0 fully saturated rings. The Hall–Kier alpha value is -1.31. The van der Waals surface area contributed by atoms with Crippen molar-refractivity contribution in [1.82, 2.24) is 9.55 Å². The van der Waals surface area contributed by atoms with Crippen LogP contribution in [0, 0.1) is 49.4 Å². The number of Topliss-reactive ketones (excluding diaryl/α,β-unsaturated/α-hetero) is 1. The van der Waals surface area contributed by atoms with E-state index < -0.39 is 28.8 Å². The molecule has 0 spiro atoms. The number of halogens is 3. The molecule has 149 valence electrons. The number of ketones is 1. The summed E-state index contributed by atoms with van der Waals surface area (Å²) in [5.41, 5.74) is -2.33. The number of para-hydroxylation sites is 1. The van der Waals surface area contributed by atoms with Gasteiger partial charge < -0.3 is 16.1 Å². The van der Waals surface area contributed by atoms with Gasteiger partial charge in [-0.3, -0.25) is 14.2 Å². The monoisotopic (exact) mass is 553 g/mol. The second-order valence-electron chi connectivity index (χ2n) is 5.27. The molecule has 0 bridgehead atoms. The minimum Gasteiger partial charge on any atom is -0.506 e. The van der Waals surface area contributed by atoms with Gasteiger partial charge in [0.15, 0.2) is 5.82 Å². The fraction of sp³-hybridized carbons (Fsp3) is 0.0625. The molecule has 0 amide bonds. The Morgan fingerprint density at radius 1 is 1.11 bits per heavy atom. The first-order chi connectivity index (χ1) is 11.8. The summed E-state index contributed by atoms with van der Waals surface area (Å²) < 4.78 is 39.6. The molecule has 3 aromatic rings. The van der Waals surface area contributed by atoms with Crippen molar-refractivity contribution in [2.45, 2.75) is 16.0 Å². The van der Waals surface area contributed by atoms with Gasteiger partial charge in [-0.1, -0.05) is 17.8 Å². The number of pyridine rings is 2. The molecule has 0 saturated heterocycles. The number of nitrogens with zero attached hydrogens (tertiary/aromatic N) is 2. The maximum Gasteiger partial charge on any atom is 0.455 e. The third-order valence-corrected chi connectivity index (χ3v) is 4.89. The first-order valence-corrected chi connectivity index (χ1v) is 7.78. The van der Waals surface area contributed by atoms with Gasteiger partial charge in [-0.15, -0.1) is 0 Å². The molecule has 7 nitrogen and oxygen atoms in total. The van der Waals surface area contributed by atoms with E-state index in [1.165, 1.54) is 30.1 Å². The minimum atomic E-state index is -5.29. The van der Waals surface area contributed by atoms with E-state index >= 15 is 0 Å². The van der Waals surface area contributed by atoms with Crippen molar-refractivity contribution < 1.29 is 83.4 Å². The maximum atomic E-state index is 12.9. The van der Waals surface area contributed by atoms with Gasteiger partial charge in [0.25, 0.3) is 11.3 Å². The topological polar surface area (TPSA) is 135 Å². The van der Waals surface area contributed by atoms with Crippen LogP contribution in [0.5, 0.6) is 5.75 Å². The number of aromatic nitrogens is 2. The van der Waals surface area contributed by atoms with E-state index in [2.05, 4.69) is 4.98 Å². The number of carbonyl (C=O) groups excluding carboxylic acids is 1. The van der Waals surface area contributed by atoms with Gasteiger partial charge in [0, 0.05) is 65.9 Å². The molecule has 4 rings (SSSR count). The Morgan fingerprint density at radius 2 is 1.75 bits per heavy atom. The molecule has 0 saturated carbocycles. The normalized spacial score (nSPS) is 11.5. The van der Waals surface area contributed by atoms with E-state index in [0.29, 0.717) is 9.79 Å². The molecule has 5 N–H and O–H groups in total. The van der Waals surface area contributed by atoms with Gasteiger partial charge in [0.2, 0.25) is 0 Å². The van der Waals surface area contributed by atoms with Gasteiger partial charge in [-0.05, 0) is 24.3 Å². The smallest absolute Gasteiger partial charge is 0.455 e. The Labute approximate surface area is 199 Å². The van der Waals surface area contributed by atoms with E-state index in [0.717, 1.165) is 4.57 Å². The number of fused-ring (bicyclic) bond motifs is 2. The minimum absolute atomic E-state index is 0. The summed E-state index contributed by atoms with van der Waals surface area (Å²) in [6, 6.07) is 7.85. The molecule has 1 aliphatic rings. The zero-order valence-electron chi connectivity index (χ0n) is 13.5. The van der Waals surface area contributed by atoms with Crippen LogP contribution in [0.1, 0.15) is 10.4 Å². The van der Waals surface area contributed by atoms with Crippen LogP contribution in [0.15, 0.2) is 51.1 Å². The number of aromatic hydroxyl groups is 1. The molecule has 2 aromatic heterocycles. The summed E-state index contributed by atoms with van der Waals surface area (Å²) >= 11 is 1.27. The molecular formula is C16H11EuF3N2O5S. The zero-order valence-corrected chi connectivity index (χ0v) is 16.8. The standard InChI is InChI=1S/C16H7F3N2O3S.Eu.2H2O/c17-16(18,19)13(23)10-12(22)7-3-1-4-8-11(7)21(15(10)24)14-9(25-8)5-2-6-20-14;;;/h1-6,22H;;2*1H2. The molecule has 1 aromatic carbocycles. The van der Waals surface area contributed by atoms with Crippen LogP contribution < -0.4 is 5.56 Å². The Balaban J connectivity index is 0.00000131. The van der Waals surface area contributed by atoms with Crippen LogP contribution in [-0.4, -0.2) is 37.6 Å². The van der Waals surface area contributed by atoms with Crippen molar-refractivity contribution >= 4 is 28.4 Å². The van der Waals surface area contributed by atoms with Crippen molar-refractivity contribution in [3.05, 3.63) is 52.4 Å². The van der Waals surface area contributed by atoms with Crippen molar-refractivity contribution in [3.63, 3.8) is 0 Å². The number of hydrogen-bond acceptors (Lipinski definition) is 5. The number of hydrogen-bond donors (Lipinski definition) is 1. The Kier molecular flexibility index (Phi) is 7.59. The molecule has 3 heterocycles. The molecule has 0 unspecified atom stereocenters. The van der Waals surface area contributed by atoms with Crippen molar-refractivity contribution in [3.8, 4) is 11.6 Å². The molecule has 0 aliphatic carbocycles. The van der Waals surface area contributed by atoms with Gasteiger partial charge in [0.1, 0.15) is 11.3 Å². The number of benzene rings is 1. The average Bonchev–Trinajstić information content (AvgIpc) is 2.57. The molecule has 28 heavy (non-hydrogen) atoms. The van der Waals surface area contributed by atoms with Crippen molar-refractivity contribution in [2.24, 2.45) is 0 Å². The maximum absolute atomic E-state index is 12.9.